The normalized spacial score (nSPS) is 13.7. The van der Waals surface area contributed by atoms with Crippen LogP contribution in [0.2, 0.25) is 0 Å². The number of carbonyl (C=O) groups is 2. The predicted molar refractivity (Wildman–Crippen MR) is 126 cm³/mol. The SMILES string of the molecule is CCN(Cc1ccccc1)C1=C(c2cccs2)C(=O)N(c2ccc(OC)c(OC)c2)C1=O. The molecule has 2 aromatic carbocycles. The van der Waals surface area contributed by atoms with Gasteiger partial charge in [-0.1, -0.05) is 36.4 Å². The van der Waals surface area contributed by atoms with E-state index in [4.69, 9.17) is 9.47 Å². The minimum absolute atomic E-state index is 0.341. The number of benzene rings is 2. The van der Waals surface area contributed by atoms with Gasteiger partial charge >= 0.3 is 0 Å². The third kappa shape index (κ3) is 3.87. The average molecular weight is 449 g/mol. The summed E-state index contributed by atoms with van der Waals surface area (Å²) < 4.78 is 10.7. The van der Waals surface area contributed by atoms with Gasteiger partial charge in [0, 0.05) is 24.0 Å². The van der Waals surface area contributed by atoms with Crippen LogP contribution in [0.5, 0.6) is 11.5 Å². The third-order valence-electron chi connectivity index (χ3n) is 5.37. The molecule has 0 saturated heterocycles. The Hall–Kier alpha value is -3.58. The summed E-state index contributed by atoms with van der Waals surface area (Å²) in [6.07, 6.45) is 0. The molecule has 3 aromatic rings. The Labute approximate surface area is 191 Å². The van der Waals surface area contributed by atoms with E-state index < -0.39 is 0 Å². The molecule has 4 rings (SSSR count). The van der Waals surface area contributed by atoms with Gasteiger partial charge in [0.2, 0.25) is 0 Å². The van der Waals surface area contributed by atoms with Crippen molar-refractivity contribution in [3.63, 3.8) is 0 Å². The van der Waals surface area contributed by atoms with Gasteiger partial charge in [0.25, 0.3) is 11.8 Å². The molecule has 0 atom stereocenters. The van der Waals surface area contributed by atoms with Gasteiger partial charge in [-0.15, -0.1) is 11.3 Å². The number of ether oxygens (including phenoxy) is 2. The summed E-state index contributed by atoms with van der Waals surface area (Å²) in [5, 5.41) is 1.91. The van der Waals surface area contributed by atoms with E-state index in [0.717, 1.165) is 10.4 Å². The summed E-state index contributed by atoms with van der Waals surface area (Å²) in [6, 6.07) is 18.7. The second kappa shape index (κ2) is 9.28. The maximum atomic E-state index is 13.7. The quantitative estimate of drug-likeness (QED) is 0.473. The summed E-state index contributed by atoms with van der Waals surface area (Å²) >= 11 is 1.45. The molecular formula is C25H24N2O4S. The zero-order chi connectivity index (χ0) is 22.7. The zero-order valence-electron chi connectivity index (χ0n) is 18.2. The summed E-state index contributed by atoms with van der Waals surface area (Å²) in [5.41, 5.74) is 2.35. The highest BCUT2D eigenvalue weighted by atomic mass is 32.1. The molecule has 2 heterocycles. The van der Waals surface area contributed by atoms with Crippen molar-refractivity contribution in [2.24, 2.45) is 0 Å². The number of likely N-dealkylation sites (N-methyl/N-ethyl adjacent to an activating group) is 1. The number of hydrogen-bond acceptors (Lipinski definition) is 6. The lowest BCUT2D eigenvalue weighted by Gasteiger charge is -2.25. The van der Waals surface area contributed by atoms with Gasteiger partial charge < -0.3 is 14.4 Å². The number of imide groups is 1. The molecule has 2 amide bonds. The van der Waals surface area contributed by atoms with Crippen molar-refractivity contribution in [1.29, 1.82) is 0 Å². The van der Waals surface area contributed by atoms with Gasteiger partial charge in [-0.3, -0.25) is 9.59 Å². The molecule has 32 heavy (non-hydrogen) atoms. The molecular weight excluding hydrogens is 424 g/mol. The van der Waals surface area contributed by atoms with E-state index in [2.05, 4.69) is 0 Å². The van der Waals surface area contributed by atoms with E-state index in [1.54, 1.807) is 25.3 Å². The first-order chi connectivity index (χ1) is 15.6. The summed E-state index contributed by atoms with van der Waals surface area (Å²) in [5.74, 6) is 0.296. The zero-order valence-corrected chi connectivity index (χ0v) is 19.0. The number of amides is 2. The Morgan fingerprint density at radius 2 is 1.66 bits per heavy atom. The smallest absolute Gasteiger partial charge is 0.282 e. The molecule has 0 saturated carbocycles. The molecule has 7 heteroatoms. The molecule has 0 aliphatic carbocycles. The van der Waals surface area contributed by atoms with Crippen LogP contribution < -0.4 is 14.4 Å². The largest absolute Gasteiger partial charge is 0.493 e. The fourth-order valence-electron chi connectivity index (χ4n) is 3.81. The summed E-state index contributed by atoms with van der Waals surface area (Å²) in [6.45, 7) is 3.09. The van der Waals surface area contributed by atoms with E-state index in [1.807, 2.05) is 59.7 Å². The van der Waals surface area contributed by atoms with Crippen LogP contribution in [0.15, 0.2) is 71.7 Å². The van der Waals surface area contributed by atoms with E-state index in [-0.39, 0.29) is 11.8 Å². The first-order valence-electron chi connectivity index (χ1n) is 10.3. The number of carbonyl (C=O) groups excluding carboxylic acids is 2. The highest BCUT2D eigenvalue weighted by Crippen LogP contribution is 2.39. The number of nitrogens with zero attached hydrogens (tertiary/aromatic N) is 2. The molecule has 164 valence electrons. The fraction of sp³-hybridized carbons (Fsp3) is 0.200. The minimum atomic E-state index is -0.344. The lowest BCUT2D eigenvalue weighted by Crippen LogP contribution is -2.35. The number of thiophene rings is 1. The molecule has 0 radical (unpaired) electrons. The average Bonchev–Trinajstić information content (AvgIpc) is 3.43. The first kappa shape index (κ1) is 21.6. The van der Waals surface area contributed by atoms with E-state index in [0.29, 0.717) is 41.5 Å². The first-order valence-corrected chi connectivity index (χ1v) is 11.1. The van der Waals surface area contributed by atoms with Crippen molar-refractivity contribution >= 4 is 34.4 Å². The summed E-state index contributed by atoms with van der Waals surface area (Å²) in [4.78, 5) is 31.3. The molecule has 1 aliphatic rings. The van der Waals surface area contributed by atoms with Crippen molar-refractivity contribution in [3.05, 3.63) is 82.2 Å². The van der Waals surface area contributed by atoms with Crippen LogP contribution in [0.4, 0.5) is 5.69 Å². The second-order valence-corrected chi connectivity index (χ2v) is 8.13. The Morgan fingerprint density at radius 3 is 2.28 bits per heavy atom. The molecule has 0 fully saturated rings. The highest BCUT2D eigenvalue weighted by molar-refractivity contribution is 7.11. The number of hydrogen-bond donors (Lipinski definition) is 0. The Morgan fingerprint density at radius 1 is 0.906 bits per heavy atom. The Kier molecular flexibility index (Phi) is 6.28. The van der Waals surface area contributed by atoms with Gasteiger partial charge in [-0.25, -0.2) is 4.90 Å². The molecule has 1 aromatic heterocycles. The van der Waals surface area contributed by atoms with Crippen molar-refractivity contribution in [1.82, 2.24) is 4.90 Å². The Bertz CT molecular complexity index is 1160. The molecule has 0 N–H and O–H groups in total. The molecule has 6 nitrogen and oxygen atoms in total. The van der Waals surface area contributed by atoms with Gasteiger partial charge in [-0.05, 0) is 36.1 Å². The standard InChI is InChI=1S/C25H24N2O4S/c1-4-26(16-17-9-6-5-7-10-17)23-22(21-11-8-14-32-21)24(28)27(25(23)29)18-12-13-19(30-2)20(15-18)31-3/h5-15H,4,16H2,1-3H3. The van der Waals surface area contributed by atoms with Crippen LogP contribution in [0.25, 0.3) is 5.57 Å². The van der Waals surface area contributed by atoms with Gasteiger partial charge in [-0.2, -0.15) is 0 Å². The van der Waals surface area contributed by atoms with Crippen LogP contribution >= 0.6 is 11.3 Å². The number of anilines is 1. The van der Waals surface area contributed by atoms with Gasteiger partial charge in [0.1, 0.15) is 5.70 Å². The second-order valence-electron chi connectivity index (χ2n) is 7.19. The number of rotatable bonds is 8. The minimum Gasteiger partial charge on any atom is -0.493 e. The molecule has 1 aliphatic heterocycles. The maximum absolute atomic E-state index is 13.7. The van der Waals surface area contributed by atoms with Crippen molar-refractivity contribution in [2.75, 3.05) is 25.7 Å². The van der Waals surface area contributed by atoms with E-state index in [9.17, 15) is 9.59 Å². The van der Waals surface area contributed by atoms with Crippen LogP contribution in [-0.2, 0) is 16.1 Å². The van der Waals surface area contributed by atoms with Crippen LogP contribution in [0.3, 0.4) is 0 Å². The molecule has 0 bridgehead atoms. The van der Waals surface area contributed by atoms with E-state index in [1.165, 1.54) is 23.3 Å². The highest BCUT2D eigenvalue weighted by Gasteiger charge is 2.42. The van der Waals surface area contributed by atoms with Crippen LogP contribution in [0.1, 0.15) is 17.4 Å². The topological polar surface area (TPSA) is 59.1 Å². The lowest BCUT2D eigenvalue weighted by atomic mass is 10.1. The molecule has 0 spiro atoms. The van der Waals surface area contributed by atoms with Gasteiger partial charge in [0.05, 0.1) is 25.5 Å². The van der Waals surface area contributed by atoms with Crippen molar-refractivity contribution in [3.8, 4) is 11.5 Å². The monoisotopic (exact) mass is 448 g/mol. The summed E-state index contributed by atoms with van der Waals surface area (Å²) in [7, 11) is 3.07. The Balaban J connectivity index is 1.79. The molecule has 0 unspecified atom stereocenters. The predicted octanol–water partition coefficient (Wildman–Crippen LogP) is 4.57. The van der Waals surface area contributed by atoms with Crippen molar-refractivity contribution in [2.45, 2.75) is 13.5 Å². The maximum Gasteiger partial charge on any atom is 0.282 e. The van der Waals surface area contributed by atoms with Crippen LogP contribution in [0, 0.1) is 0 Å². The van der Waals surface area contributed by atoms with Crippen molar-refractivity contribution < 1.29 is 19.1 Å². The fourth-order valence-corrected chi connectivity index (χ4v) is 4.57. The lowest BCUT2D eigenvalue weighted by molar-refractivity contribution is -0.120. The number of methoxy groups -OCH3 is 2. The van der Waals surface area contributed by atoms with E-state index >= 15 is 0 Å². The third-order valence-corrected chi connectivity index (χ3v) is 6.25. The van der Waals surface area contributed by atoms with Gasteiger partial charge in [0.15, 0.2) is 11.5 Å². The van der Waals surface area contributed by atoms with Crippen LogP contribution in [-0.4, -0.2) is 37.5 Å².